The van der Waals surface area contributed by atoms with Crippen LogP contribution >= 0.6 is 0 Å². The van der Waals surface area contributed by atoms with Gasteiger partial charge in [-0.1, -0.05) is 0 Å². The normalized spacial score (nSPS) is 11.0. The predicted octanol–water partition coefficient (Wildman–Crippen LogP) is 1.65. The van der Waals surface area contributed by atoms with E-state index in [1.807, 2.05) is 6.92 Å². The van der Waals surface area contributed by atoms with E-state index in [4.69, 9.17) is 4.74 Å². The Labute approximate surface area is 168 Å². The van der Waals surface area contributed by atoms with Gasteiger partial charge >= 0.3 is 0 Å². The number of benzene rings is 2. The zero-order valence-corrected chi connectivity index (χ0v) is 16.6. The maximum absolute atomic E-state index is 12.9. The zero-order chi connectivity index (χ0) is 21.3. The van der Waals surface area contributed by atoms with Gasteiger partial charge in [-0.15, -0.1) is 0 Å². The fourth-order valence-corrected chi connectivity index (χ4v) is 3.30. The second-order valence-corrected chi connectivity index (χ2v) is 7.65. The molecule has 29 heavy (non-hydrogen) atoms. The first-order chi connectivity index (χ1) is 13.8. The summed E-state index contributed by atoms with van der Waals surface area (Å²) >= 11 is 0. The first kappa shape index (κ1) is 22.3. The Morgan fingerprint density at radius 1 is 1.00 bits per heavy atom. The summed E-state index contributed by atoms with van der Waals surface area (Å²) < 4.78 is 44.5. The lowest BCUT2D eigenvalue weighted by atomic mass is 10.3. The molecule has 0 aliphatic rings. The number of ether oxygens (including phenoxy) is 1. The molecule has 8 nitrogen and oxygen atoms in total. The monoisotopic (exact) mass is 423 g/mol. The molecule has 0 spiro atoms. The first-order valence-electron chi connectivity index (χ1n) is 8.85. The molecule has 2 amide bonds. The summed E-state index contributed by atoms with van der Waals surface area (Å²) in [5.74, 6) is -0.781. The van der Waals surface area contributed by atoms with Crippen molar-refractivity contribution in [3.63, 3.8) is 0 Å². The summed E-state index contributed by atoms with van der Waals surface area (Å²) in [4.78, 5) is 23.6. The van der Waals surface area contributed by atoms with Gasteiger partial charge in [0.05, 0.1) is 18.0 Å². The molecule has 0 heterocycles. The molecule has 0 saturated carbocycles. The van der Waals surface area contributed by atoms with E-state index in [1.165, 1.54) is 0 Å². The van der Waals surface area contributed by atoms with Crippen LogP contribution in [-0.2, 0) is 19.6 Å². The van der Waals surface area contributed by atoms with Crippen LogP contribution in [0.2, 0.25) is 0 Å². The van der Waals surface area contributed by atoms with Crippen LogP contribution in [0.1, 0.15) is 13.3 Å². The highest BCUT2D eigenvalue weighted by Gasteiger charge is 2.14. The molecule has 0 unspecified atom stereocenters. The van der Waals surface area contributed by atoms with Crippen LogP contribution in [0.15, 0.2) is 53.4 Å². The van der Waals surface area contributed by atoms with E-state index in [1.54, 1.807) is 24.3 Å². The molecule has 0 saturated heterocycles. The number of carbonyl (C=O) groups excluding carboxylic acids is 2. The SMILES string of the molecule is CCOc1ccc(NC(=O)CNC(=O)CCNS(=O)(=O)c2ccc(F)cc2)cc1. The lowest BCUT2D eigenvalue weighted by Crippen LogP contribution is -2.35. The lowest BCUT2D eigenvalue weighted by Gasteiger charge is -2.09. The lowest BCUT2D eigenvalue weighted by molar-refractivity contribution is -0.124. The number of sulfonamides is 1. The number of nitrogens with one attached hydrogen (secondary N) is 3. The van der Waals surface area contributed by atoms with Gasteiger partial charge in [-0.25, -0.2) is 17.5 Å². The fraction of sp³-hybridized carbons (Fsp3) is 0.263. The number of carbonyl (C=O) groups is 2. The molecule has 0 aliphatic carbocycles. The second kappa shape index (κ2) is 10.5. The number of amides is 2. The number of anilines is 1. The van der Waals surface area contributed by atoms with Gasteiger partial charge in [0.2, 0.25) is 21.8 Å². The van der Waals surface area contributed by atoms with Crippen molar-refractivity contribution in [3.05, 3.63) is 54.3 Å². The van der Waals surface area contributed by atoms with E-state index in [0.29, 0.717) is 18.0 Å². The van der Waals surface area contributed by atoms with E-state index >= 15 is 0 Å². The van der Waals surface area contributed by atoms with Crippen LogP contribution in [0.25, 0.3) is 0 Å². The van der Waals surface area contributed by atoms with Crippen molar-refractivity contribution < 1.29 is 27.1 Å². The third-order valence-corrected chi connectivity index (χ3v) is 5.14. The molecule has 0 aliphatic heterocycles. The first-order valence-corrected chi connectivity index (χ1v) is 10.3. The largest absolute Gasteiger partial charge is 0.494 e. The summed E-state index contributed by atoms with van der Waals surface area (Å²) in [5.41, 5.74) is 0.555. The van der Waals surface area contributed by atoms with E-state index in [2.05, 4.69) is 15.4 Å². The van der Waals surface area contributed by atoms with Gasteiger partial charge in [0.1, 0.15) is 11.6 Å². The maximum atomic E-state index is 12.9. The minimum Gasteiger partial charge on any atom is -0.494 e. The smallest absolute Gasteiger partial charge is 0.243 e. The summed E-state index contributed by atoms with van der Waals surface area (Å²) in [6.45, 7) is 1.99. The molecule has 10 heteroatoms. The third kappa shape index (κ3) is 7.51. The van der Waals surface area contributed by atoms with E-state index < -0.39 is 27.7 Å². The van der Waals surface area contributed by atoms with Gasteiger partial charge in [0.25, 0.3) is 0 Å². The van der Waals surface area contributed by atoms with Gasteiger partial charge in [-0.3, -0.25) is 9.59 Å². The van der Waals surface area contributed by atoms with Crippen LogP contribution < -0.4 is 20.1 Å². The number of rotatable bonds is 10. The third-order valence-electron chi connectivity index (χ3n) is 3.66. The van der Waals surface area contributed by atoms with E-state index in [-0.39, 0.29) is 24.4 Å². The molecular weight excluding hydrogens is 401 g/mol. The number of hydrogen-bond donors (Lipinski definition) is 3. The summed E-state index contributed by atoms with van der Waals surface area (Å²) in [6, 6.07) is 11.1. The Balaban J connectivity index is 1.71. The van der Waals surface area contributed by atoms with Gasteiger partial charge in [0, 0.05) is 18.7 Å². The number of hydrogen-bond acceptors (Lipinski definition) is 5. The van der Waals surface area contributed by atoms with Crippen molar-refractivity contribution in [1.82, 2.24) is 10.0 Å². The van der Waals surface area contributed by atoms with Crippen LogP contribution in [0, 0.1) is 5.82 Å². The summed E-state index contributed by atoms with van der Waals surface area (Å²) in [5, 5.41) is 5.03. The highest BCUT2D eigenvalue weighted by Crippen LogP contribution is 2.15. The predicted molar refractivity (Wildman–Crippen MR) is 105 cm³/mol. The van der Waals surface area contributed by atoms with Crippen LogP contribution in [0.5, 0.6) is 5.75 Å². The van der Waals surface area contributed by atoms with Gasteiger partial charge < -0.3 is 15.4 Å². The fourth-order valence-electron chi connectivity index (χ4n) is 2.27. The van der Waals surface area contributed by atoms with Gasteiger partial charge in [0.15, 0.2) is 0 Å². The van der Waals surface area contributed by atoms with Crippen LogP contribution in [0.3, 0.4) is 0 Å². The van der Waals surface area contributed by atoms with Gasteiger partial charge in [-0.2, -0.15) is 0 Å². The standard InChI is InChI=1S/C19H22FN3O5S/c1-2-28-16-7-5-15(6-8-16)23-19(25)13-21-18(24)11-12-22-29(26,27)17-9-3-14(20)4-10-17/h3-10,22H,2,11-13H2,1H3,(H,21,24)(H,23,25). The molecule has 0 radical (unpaired) electrons. The molecule has 2 rings (SSSR count). The average Bonchev–Trinajstić information content (AvgIpc) is 2.68. The highest BCUT2D eigenvalue weighted by atomic mass is 32.2. The van der Waals surface area contributed by atoms with E-state index in [9.17, 15) is 22.4 Å². The van der Waals surface area contributed by atoms with Crippen molar-refractivity contribution >= 4 is 27.5 Å². The van der Waals surface area contributed by atoms with Crippen LogP contribution in [-0.4, -0.2) is 39.9 Å². The number of halogens is 1. The summed E-state index contributed by atoms with van der Waals surface area (Å²) in [6.07, 6.45) is -0.156. The van der Waals surface area contributed by atoms with Gasteiger partial charge in [-0.05, 0) is 55.5 Å². The Morgan fingerprint density at radius 3 is 2.28 bits per heavy atom. The van der Waals surface area contributed by atoms with Crippen molar-refractivity contribution in [1.29, 1.82) is 0 Å². The minimum atomic E-state index is -3.84. The minimum absolute atomic E-state index is 0.103. The van der Waals surface area contributed by atoms with Crippen LogP contribution in [0.4, 0.5) is 10.1 Å². The second-order valence-electron chi connectivity index (χ2n) is 5.88. The zero-order valence-electron chi connectivity index (χ0n) is 15.8. The highest BCUT2D eigenvalue weighted by molar-refractivity contribution is 7.89. The molecule has 0 bridgehead atoms. The molecule has 2 aromatic rings. The van der Waals surface area contributed by atoms with Crippen molar-refractivity contribution in [2.45, 2.75) is 18.2 Å². The van der Waals surface area contributed by atoms with Crippen molar-refractivity contribution in [2.75, 3.05) is 25.0 Å². The molecule has 3 N–H and O–H groups in total. The van der Waals surface area contributed by atoms with Crippen molar-refractivity contribution in [3.8, 4) is 5.75 Å². The molecule has 156 valence electrons. The quantitative estimate of drug-likeness (QED) is 0.538. The topological polar surface area (TPSA) is 114 Å². The molecule has 0 atom stereocenters. The molecule has 0 aromatic heterocycles. The summed E-state index contributed by atoms with van der Waals surface area (Å²) in [7, 11) is -3.84. The molecule has 2 aromatic carbocycles. The Hall–Kier alpha value is -2.98. The Bertz CT molecular complexity index is 931. The molecular formula is C19H22FN3O5S. The maximum Gasteiger partial charge on any atom is 0.243 e. The Morgan fingerprint density at radius 2 is 1.66 bits per heavy atom. The average molecular weight is 423 g/mol. The Kier molecular flexibility index (Phi) is 8.10. The molecule has 0 fully saturated rings. The van der Waals surface area contributed by atoms with Crippen molar-refractivity contribution in [2.24, 2.45) is 0 Å². The van der Waals surface area contributed by atoms with E-state index in [0.717, 1.165) is 24.3 Å².